The zero-order chi connectivity index (χ0) is 19.4. The summed E-state index contributed by atoms with van der Waals surface area (Å²) in [5, 5.41) is 3.37. The minimum Gasteiger partial charge on any atom is -0.352 e. The third-order valence-corrected chi connectivity index (χ3v) is 7.93. The van der Waals surface area contributed by atoms with E-state index in [0.29, 0.717) is 32.7 Å². The van der Waals surface area contributed by atoms with E-state index in [1.54, 1.807) is 18.2 Å². The second-order valence-electron chi connectivity index (χ2n) is 7.63. The third-order valence-electron chi connectivity index (χ3n) is 5.53. The molecule has 0 aromatic heterocycles. The van der Waals surface area contributed by atoms with Crippen molar-refractivity contribution < 1.29 is 13.2 Å². The number of carbonyl (C=O) groups is 1. The number of piperazine rings is 1. The van der Waals surface area contributed by atoms with Crippen molar-refractivity contribution in [3.8, 4) is 0 Å². The predicted octanol–water partition coefficient (Wildman–Crippen LogP) is 2.34. The van der Waals surface area contributed by atoms with Crippen LogP contribution in [0.15, 0.2) is 29.2 Å². The summed E-state index contributed by atoms with van der Waals surface area (Å²) in [4.78, 5) is 14.5. The molecule has 1 amide bonds. The summed E-state index contributed by atoms with van der Waals surface area (Å²) in [6.45, 7) is 4.39. The molecule has 1 heterocycles. The SMILES string of the molecule is CC1CCC(NC(=O)CN2CCN(S(=O)(=O)c3ccccc3Cl)CC2)CC1. The van der Waals surface area contributed by atoms with Crippen molar-refractivity contribution in [2.75, 3.05) is 32.7 Å². The maximum absolute atomic E-state index is 12.8. The van der Waals surface area contributed by atoms with Crippen molar-refractivity contribution in [2.24, 2.45) is 5.92 Å². The second-order valence-corrected chi connectivity index (χ2v) is 9.95. The second kappa shape index (κ2) is 8.90. The molecular formula is C19H28ClN3O3S. The van der Waals surface area contributed by atoms with Crippen LogP contribution in [-0.2, 0) is 14.8 Å². The highest BCUT2D eigenvalue weighted by molar-refractivity contribution is 7.89. The van der Waals surface area contributed by atoms with Crippen LogP contribution in [-0.4, -0.2) is 62.3 Å². The van der Waals surface area contributed by atoms with Crippen molar-refractivity contribution >= 4 is 27.5 Å². The third kappa shape index (κ3) is 5.22. The first kappa shape index (κ1) is 20.6. The maximum atomic E-state index is 12.8. The molecule has 2 aliphatic rings. The summed E-state index contributed by atoms with van der Waals surface area (Å²) in [7, 11) is -3.60. The Bertz CT molecular complexity index is 755. The van der Waals surface area contributed by atoms with Gasteiger partial charge in [0.1, 0.15) is 4.90 Å². The van der Waals surface area contributed by atoms with E-state index in [-0.39, 0.29) is 21.9 Å². The van der Waals surface area contributed by atoms with Crippen LogP contribution in [0.25, 0.3) is 0 Å². The van der Waals surface area contributed by atoms with Crippen LogP contribution in [0.1, 0.15) is 32.6 Å². The summed E-state index contributed by atoms with van der Waals surface area (Å²) in [6.07, 6.45) is 4.45. The van der Waals surface area contributed by atoms with Crippen LogP contribution < -0.4 is 5.32 Å². The molecule has 1 N–H and O–H groups in total. The highest BCUT2D eigenvalue weighted by Crippen LogP contribution is 2.25. The van der Waals surface area contributed by atoms with Gasteiger partial charge in [0.2, 0.25) is 15.9 Å². The summed E-state index contributed by atoms with van der Waals surface area (Å²) in [5.41, 5.74) is 0. The van der Waals surface area contributed by atoms with Gasteiger partial charge in [0, 0.05) is 32.2 Å². The molecule has 0 atom stereocenters. The topological polar surface area (TPSA) is 69.7 Å². The molecule has 0 radical (unpaired) electrons. The van der Waals surface area contributed by atoms with Crippen molar-refractivity contribution in [1.82, 2.24) is 14.5 Å². The molecule has 6 nitrogen and oxygen atoms in total. The van der Waals surface area contributed by atoms with E-state index in [1.807, 2.05) is 4.90 Å². The van der Waals surface area contributed by atoms with Gasteiger partial charge in [-0.05, 0) is 43.7 Å². The number of carbonyl (C=O) groups excluding carboxylic acids is 1. The number of hydrogen-bond acceptors (Lipinski definition) is 4. The lowest BCUT2D eigenvalue weighted by Gasteiger charge is -2.34. The number of sulfonamides is 1. The van der Waals surface area contributed by atoms with E-state index in [1.165, 1.54) is 23.2 Å². The first-order valence-corrected chi connectivity index (χ1v) is 11.4. The smallest absolute Gasteiger partial charge is 0.244 e. The summed E-state index contributed by atoms with van der Waals surface area (Å²) in [6, 6.07) is 6.79. The minimum atomic E-state index is -3.60. The molecule has 2 fully saturated rings. The van der Waals surface area contributed by atoms with Gasteiger partial charge in [-0.3, -0.25) is 9.69 Å². The van der Waals surface area contributed by atoms with E-state index in [0.717, 1.165) is 18.8 Å². The number of hydrogen-bond donors (Lipinski definition) is 1. The number of amides is 1. The van der Waals surface area contributed by atoms with Crippen molar-refractivity contribution in [3.63, 3.8) is 0 Å². The van der Waals surface area contributed by atoms with Gasteiger partial charge in [-0.15, -0.1) is 0 Å². The molecule has 0 unspecified atom stereocenters. The van der Waals surface area contributed by atoms with Crippen LogP contribution in [0.3, 0.4) is 0 Å². The molecule has 1 aliphatic heterocycles. The van der Waals surface area contributed by atoms with E-state index >= 15 is 0 Å². The Morgan fingerprint density at radius 2 is 1.74 bits per heavy atom. The molecule has 150 valence electrons. The first-order chi connectivity index (χ1) is 12.9. The van der Waals surface area contributed by atoms with Gasteiger partial charge in [0.25, 0.3) is 0 Å². The molecule has 0 spiro atoms. The van der Waals surface area contributed by atoms with Gasteiger partial charge in [-0.2, -0.15) is 4.31 Å². The van der Waals surface area contributed by atoms with E-state index < -0.39 is 10.0 Å². The normalized spacial score (nSPS) is 25.3. The Balaban J connectivity index is 1.49. The van der Waals surface area contributed by atoms with E-state index in [2.05, 4.69) is 12.2 Å². The van der Waals surface area contributed by atoms with Gasteiger partial charge in [0.15, 0.2) is 0 Å². The molecule has 1 saturated carbocycles. The fraction of sp³-hybridized carbons (Fsp3) is 0.632. The fourth-order valence-corrected chi connectivity index (χ4v) is 5.72. The van der Waals surface area contributed by atoms with Gasteiger partial charge >= 0.3 is 0 Å². The molecule has 1 aliphatic carbocycles. The van der Waals surface area contributed by atoms with Crippen molar-refractivity contribution in [2.45, 2.75) is 43.5 Å². The lowest BCUT2D eigenvalue weighted by molar-refractivity contribution is -0.123. The quantitative estimate of drug-likeness (QED) is 0.804. The zero-order valence-corrected chi connectivity index (χ0v) is 17.3. The Morgan fingerprint density at radius 3 is 2.37 bits per heavy atom. The average molecular weight is 414 g/mol. The van der Waals surface area contributed by atoms with E-state index in [9.17, 15) is 13.2 Å². The highest BCUT2D eigenvalue weighted by atomic mass is 35.5. The van der Waals surface area contributed by atoms with E-state index in [4.69, 9.17) is 11.6 Å². The van der Waals surface area contributed by atoms with Crippen LogP contribution in [0.4, 0.5) is 0 Å². The van der Waals surface area contributed by atoms with Crippen LogP contribution in [0.2, 0.25) is 5.02 Å². The van der Waals surface area contributed by atoms with Gasteiger partial charge in [-0.25, -0.2) is 8.42 Å². The molecular weight excluding hydrogens is 386 g/mol. The van der Waals surface area contributed by atoms with Crippen molar-refractivity contribution in [1.29, 1.82) is 0 Å². The monoisotopic (exact) mass is 413 g/mol. The fourth-order valence-electron chi connectivity index (χ4n) is 3.80. The van der Waals surface area contributed by atoms with Crippen LogP contribution in [0, 0.1) is 5.92 Å². The number of benzene rings is 1. The lowest BCUT2D eigenvalue weighted by atomic mass is 9.87. The maximum Gasteiger partial charge on any atom is 0.244 e. The molecule has 27 heavy (non-hydrogen) atoms. The number of nitrogens with one attached hydrogen (secondary N) is 1. The zero-order valence-electron chi connectivity index (χ0n) is 15.7. The number of nitrogens with zero attached hydrogens (tertiary/aromatic N) is 2. The number of rotatable bonds is 5. The van der Waals surface area contributed by atoms with Gasteiger partial charge in [0.05, 0.1) is 11.6 Å². The highest BCUT2D eigenvalue weighted by Gasteiger charge is 2.30. The summed E-state index contributed by atoms with van der Waals surface area (Å²) >= 11 is 6.06. The Kier molecular flexibility index (Phi) is 6.78. The Hall–Kier alpha value is -1.15. The summed E-state index contributed by atoms with van der Waals surface area (Å²) in [5.74, 6) is 0.795. The standard InChI is InChI=1S/C19H28ClN3O3S/c1-15-6-8-16(9-7-15)21-19(24)14-22-10-12-23(13-11-22)27(25,26)18-5-3-2-4-17(18)20/h2-5,15-16H,6-14H2,1H3,(H,21,24). The molecule has 3 rings (SSSR count). The molecule has 0 bridgehead atoms. The first-order valence-electron chi connectivity index (χ1n) is 9.62. The van der Waals surface area contributed by atoms with Gasteiger partial charge < -0.3 is 5.32 Å². The van der Waals surface area contributed by atoms with Gasteiger partial charge in [-0.1, -0.05) is 30.7 Å². The molecule has 1 aromatic rings. The minimum absolute atomic E-state index is 0.0389. The summed E-state index contributed by atoms with van der Waals surface area (Å²) < 4.78 is 27.0. The molecule has 8 heteroatoms. The Morgan fingerprint density at radius 1 is 1.11 bits per heavy atom. The molecule has 1 aromatic carbocycles. The number of halogens is 1. The van der Waals surface area contributed by atoms with Crippen LogP contribution in [0.5, 0.6) is 0 Å². The Labute approximate surface area is 166 Å². The predicted molar refractivity (Wildman–Crippen MR) is 106 cm³/mol. The molecule has 1 saturated heterocycles. The largest absolute Gasteiger partial charge is 0.352 e. The van der Waals surface area contributed by atoms with Crippen LogP contribution >= 0.6 is 11.6 Å². The average Bonchev–Trinajstić information content (AvgIpc) is 2.64. The van der Waals surface area contributed by atoms with Crippen molar-refractivity contribution in [3.05, 3.63) is 29.3 Å². The lowest BCUT2D eigenvalue weighted by Crippen LogP contribution is -2.52.